The number of hydrogen-bond donors (Lipinski definition) is 0. The summed E-state index contributed by atoms with van der Waals surface area (Å²) in [5.41, 5.74) is 20.7. The van der Waals surface area contributed by atoms with Crippen molar-refractivity contribution >= 4 is 164 Å². The molecule has 6 aromatic heterocycles. The van der Waals surface area contributed by atoms with Crippen molar-refractivity contribution in [3.63, 3.8) is 0 Å². The number of carbonyl (C=O) groups excluding carboxylic acids is 2. The number of aromatic nitrogens is 8. The molecule has 11 heteroatoms. The van der Waals surface area contributed by atoms with Crippen LogP contribution in [0.25, 0.3) is 198 Å². The Hall–Kier alpha value is -13.6. The molecule has 0 radical (unpaired) electrons. The summed E-state index contributed by atoms with van der Waals surface area (Å²) in [6.45, 7) is 2.81. The minimum Gasteiger partial charge on any atom is -0.327 e. The zero-order valence-corrected chi connectivity index (χ0v) is 61.0. The first-order valence-corrected chi connectivity index (χ1v) is 36.0. The van der Waals surface area contributed by atoms with Crippen LogP contribution in [0.2, 0.25) is 0 Å². The van der Waals surface area contributed by atoms with Crippen molar-refractivity contribution in [2.24, 2.45) is 0 Å². The van der Waals surface area contributed by atoms with E-state index in [-0.39, 0.29) is 38.1 Å². The van der Waals surface area contributed by atoms with Gasteiger partial charge in [-0.15, -0.1) is 47.2 Å². The molecule has 0 saturated carbocycles. The van der Waals surface area contributed by atoms with Gasteiger partial charge in [-0.3, -0.25) is 19.6 Å². The van der Waals surface area contributed by atoms with E-state index in [9.17, 15) is 9.59 Å². The fourth-order valence-electron chi connectivity index (χ4n) is 16.4. The minimum absolute atomic E-state index is 0. The Balaban J connectivity index is 0.000000134. The zero-order chi connectivity index (χ0) is 71.4. The summed E-state index contributed by atoms with van der Waals surface area (Å²) in [6, 6.07) is 120. The molecule has 0 spiro atoms. The molecule has 10 nitrogen and oxygen atoms in total. The maximum Gasteiger partial charge on any atom is 3.00 e. The molecule has 0 fully saturated rings. The van der Waals surface area contributed by atoms with E-state index in [0.717, 1.165) is 132 Å². The summed E-state index contributed by atoms with van der Waals surface area (Å²) < 4.78 is 9.37. The molecule has 16 aromatic carbocycles. The largest absolute Gasteiger partial charge is 3.00 e. The van der Waals surface area contributed by atoms with Gasteiger partial charge >= 0.3 is 20.1 Å². The Morgan fingerprint density at radius 3 is 0.833 bits per heavy atom. The van der Waals surface area contributed by atoms with Crippen LogP contribution in [0.5, 0.6) is 0 Å². The second-order valence-corrected chi connectivity index (χ2v) is 27.4. The Bertz CT molecular complexity index is 6780. The average Bonchev–Trinajstić information content (AvgIpc) is 1.39. The molecule has 0 unspecified atom stereocenters. The van der Waals surface area contributed by atoms with Gasteiger partial charge in [0.05, 0.1) is 73.0 Å². The normalized spacial score (nSPS) is 11.6. The first-order valence-electron chi connectivity index (χ1n) is 36.0. The van der Waals surface area contributed by atoms with Gasteiger partial charge in [-0.1, -0.05) is 240 Å². The topological polar surface area (TPSA) is 105 Å². The van der Waals surface area contributed by atoms with Gasteiger partial charge in [0.15, 0.2) is 0 Å². The van der Waals surface area contributed by atoms with Crippen molar-refractivity contribution in [2.45, 2.75) is 20.3 Å². The number of rotatable bonds is 8. The smallest absolute Gasteiger partial charge is 0.327 e. The minimum atomic E-state index is -0.0625. The van der Waals surface area contributed by atoms with E-state index in [1.807, 2.05) is 48.8 Å². The van der Waals surface area contributed by atoms with Crippen LogP contribution in [0, 0.1) is 12.1 Å². The fraction of sp³-hybridized carbons (Fsp3) is 0.0309. The van der Waals surface area contributed by atoms with Crippen LogP contribution in [-0.4, -0.2) is 49.8 Å². The van der Waals surface area contributed by atoms with E-state index in [4.69, 9.17) is 19.9 Å². The molecule has 22 rings (SSSR count). The Morgan fingerprint density at radius 1 is 0.278 bits per heavy atom. The Kier molecular flexibility index (Phi) is 16.0. The number of para-hydroxylation sites is 8. The van der Waals surface area contributed by atoms with Gasteiger partial charge < -0.3 is 28.2 Å². The van der Waals surface area contributed by atoms with Crippen molar-refractivity contribution < 1.29 is 29.7 Å². The molecule has 6 heterocycles. The Labute approximate surface area is 633 Å². The van der Waals surface area contributed by atoms with Crippen molar-refractivity contribution in [3.8, 4) is 45.3 Å². The molecule has 0 N–H and O–H groups in total. The summed E-state index contributed by atoms with van der Waals surface area (Å²) >= 11 is 0. The van der Waals surface area contributed by atoms with Crippen LogP contribution in [-0.2, 0) is 29.7 Å². The third kappa shape index (κ3) is 10.7. The van der Waals surface area contributed by atoms with Crippen LogP contribution >= 0.6 is 0 Å². The third-order valence-electron chi connectivity index (χ3n) is 20.9. The number of ketones is 2. The third-order valence-corrected chi connectivity index (χ3v) is 20.9. The van der Waals surface area contributed by atoms with Gasteiger partial charge in [-0.05, 0) is 109 Å². The number of fused-ring (bicyclic) bond motifs is 24. The first kappa shape index (κ1) is 65.2. The summed E-state index contributed by atoms with van der Waals surface area (Å²) in [6.07, 6.45) is 3.89. The number of nitrogens with zero attached hydrogens (tertiary/aromatic N) is 8. The first-order chi connectivity index (χ1) is 52.8. The predicted molar refractivity (Wildman–Crippen MR) is 441 cm³/mol. The summed E-state index contributed by atoms with van der Waals surface area (Å²) in [5, 5.41) is 18.4. The van der Waals surface area contributed by atoms with Crippen LogP contribution in [0.4, 0.5) is 0 Å². The molecule has 22 aromatic rings. The maximum absolute atomic E-state index is 10.0. The van der Waals surface area contributed by atoms with Crippen molar-refractivity contribution in [1.29, 1.82) is 0 Å². The van der Waals surface area contributed by atoms with Gasteiger partial charge in [0.25, 0.3) is 0 Å². The molecular weight excluding hydrogens is 1500 g/mol. The molecule has 0 saturated heterocycles. The van der Waals surface area contributed by atoms with Gasteiger partial charge in [0.1, 0.15) is 11.6 Å². The number of Topliss-reactive ketones (excluding diaryl/α,β-unsaturated/α-hetero) is 2. The SMILES string of the molecule is CC(=O)CC(C)=O.[Ir+3].[c-]1c(-n2c3ccccc3c3ccccc32)ccc2c1c1ncc(-c3ccccc3)nc1c1cc(-n3c4ccccc4c4ccccc43)ccc21.[c-]1c(-n2c3ccccc3c3ccccc32)ccc2c1c1ncc(-c3ccccc3)nc1c1cc(-n3c4ccccc4c4ccccc43)ccc21. The molecular formula is C97H62IrN8O2+. The molecule has 0 bridgehead atoms. The Morgan fingerprint density at radius 2 is 0.546 bits per heavy atom. The van der Waals surface area contributed by atoms with Crippen molar-refractivity contribution in [2.75, 3.05) is 0 Å². The summed E-state index contributed by atoms with van der Waals surface area (Å²) in [7, 11) is 0. The molecule has 510 valence electrons. The van der Waals surface area contributed by atoms with Gasteiger partial charge in [-0.2, -0.15) is 0 Å². The monoisotopic (exact) mass is 1560 g/mol. The molecule has 0 aliphatic rings. The van der Waals surface area contributed by atoms with E-state index >= 15 is 0 Å². The molecule has 0 aliphatic heterocycles. The van der Waals surface area contributed by atoms with E-state index in [2.05, 4.69) is 309 Å². The van der Waals surface area contributed by atoms with Crippen LogP contribution in [0.1, 0.15) is 20.3 Å². The second kappa shape index (κ2) is 26.5. The number of benzene rings is 16. The zero-order valence-electron chi connectivity index (χ0n) is 58.6. The standard InChI is InChI=1S/2C46H27N4.C5H8O2.Ir/c2*1-2-12-29(13-3-1)40-28-47-45-38-26-30(49-41-18-8-4-14-34(41)35-15-5-9-19-42(35)49)22-24-32(38)33-25-23-31(27-39(33)46(45)48-40)50-43-20-10-6-16-36(43)37-17-7-11-21-44(37)50;1-4(6)3-5(2)7;/h2*1-25,27-28H;3H2,1-2H3;/q2*-1;;+3. The van der Waals surface area contributed by atoms with E-state index in [0.29, 0.717) is 0 Å². The van der Waals surface area contributed by atoms with Crippen LogP contribution in [0.15, 0.2) is 328 Å². The van der Waals surface area contributed by atoms with Crippen molar-refractivity contribution in [1.82, 2.24) is 38.2 Å². The van der Waals surface area contributed by atoms with Crippen molar-refractivity contribution in [3.05, 3.63) is 340 Å². The molecule has 0 aliphatic carbocycles. The van der Waals surface area contributed by atoms with Gasteiger partial charge in [0.2, 0.25) is 0 Å². The summed E-state index contributed by atoms with van der Waals surface area (Å²) in [5.74, 6) is -0.125. The number of hydrogen-bond acceptors (Lipinski definition) is 6. The quantitative estimate of drug-likeness (QED) is 0.0852. The average molecular weight is 1560 g/mol. The maximum atomic E-state index is 10.0. The molecule has 108 heavy (non-hydrogen) atoms. The van der Waals surface area contributed by atoms with Crippen LogP contribution in [0.3, 0.4) is 0 Å². The summed E-state index contributed by atoms with van der Waals surface area (Å²) in [4.78, 5) is 41.1. The van der Waals surface area contributed by atoms with E-state index < -0.39 is 0 Å². The molecule has 0 atom stereocenters. The van der Waals surface area contributed by atoms with E-state index in [1.165, 1.54) is 79.0 Å². The fourth-order valence-corrected chi connectivity index (χ4v) is 16.4. The predicted octanol–water partition coefficient (Wildman–Crippen LogP) is 23.7. The van der Waals surface area contributed by atoms with E-state index in [1.54, 1.807) is 0 Å². The second-order valence-electron chi connectivity index (χ2n) is 27.4. The molecule has 0 amide bonds. The van der Waals surface area contributed by atoms with Gasteiger partial charge in [0, 0.05) is 89.0 Å². The number of carbonyl (C=O) groups is 2. The van der Waals surface area contributed by atoms with Crippen LogP contribution < -0.4 is 0 Å². The van der Waals surface area contributed by atoms with Gasteiger partial charge in [-0.25, -0.2) is 0 Å².